The first-order valence-corrected chi connectivity index (χ1v) is 10.4. The van der Waals surface area contributed by atoms with E-state index in [1.54, 1.807) is 18.3 Å². The van der Waals surface area contributed by atoms with Crippen LogP contribution in [0.3, 0.4) is 0 Å². The van der Waals surface area contributed by atoms with Crippen LogP contribution in [0.1, 0.15) is 35.0 Å². The van der Waals surface area contributed by atoms with E-state index in [1.807, 2.05) is 71.4 Å². The topological polar surface area (TPSA) is 67.2 Å². The van der Waals surface area contributed by atoms with Crippen molar-refractivity contribution in [1.82, 2.24) is 15.1 Å². The van der Waals surface area contributed by atoms with Crippen LogP contribution in [0.5, 0.6) is 5.75 Å². The van der Waals surface area contributed by atoms with E-state index in [1.165, 1.54) is 0 Å². The molecule has 0 spiro atoms. The average molecular weight is 412 g/mol. The van der Waals surface area contributed by atoms with Crippen LogP contribution in [-0.2, 0) is 13.0 Å². The summed E-state index contributed by atoms with van der Waals surface area (Å²) >= 11 is 0. The van der Waals surface area contributed by atoms with Crippen LogP contribution in [0.2, 0.25) is 0 Å². The molecule has 1 amide bonds. The van der Waals surface area contributed by atoms with Gasteiger partial charge in [-0.2, -0.15) is 5.10 Å². The van der Waals surface area contributed by atoms with Crippen LogP contribution < -0.4 is 5.32 Å². The highest BCUT2D eigenvalue weighted by molar-refractivity contribution is 5.95. The summed E-state index contributed by atoms with van der Waals surface area (Å²) in [4.78, 5) is 12.9. The average Bonchev–Trinajstić information content (AvgIpc) is 3.23. The number of nitrogens with one attached hydrogen (secondary N) is 1. The Bertz CT molecular complexity index is 1150. The Labute approximate surface area is 182 Å². The van der Waals surface area contributed by atoms with Gasteiger partial charge < -0.3 is 10.4 Å². The smallest absolute Gasteiger partial charge is 0.255 e. The molecule has 0 unspecified atom stereocenters. The Morgan fingerprint density at radius 3 is 2.23 bits per heavy atom. The molecule has 0 bridgehead atoms. The Morgan fingerprint density at radius 1 is 0.935 bits per heavy atom. The van der Waals surface area contributed by atoms with E-state index in [4.69, 9.17) is 0 Å². The van der Waals surface area contributed by atoms with Crippen molar-refractivity contribution in [3.63, 3.8) is 0 Å². The fourth-order valence-corrected chi connectivity index (χ4v) is 3.58. The molecule has 31 heavy (non-hydrogen) atoms. The lowest BCUT2D eigenvalue weighted by Gasteiger charge is -2.10. The van der Waals surface area contributed by atoms with Crippen molar-refractivity contribution in [2.24, 2.45) is 0 Å². The van der Waals surface area contributed by atoms with Gasteiger partial charge >= 0.3 is 0 Å². The molecule has 0 aliphatic heterocycles. The highest BCUT2D eigenvalue weighted by Gasteiger charge is 2.17. The minimum absolute atomic E-state index is 0.117. The van der Waals surface area contributed by atoms with Crippen LogP contribution in [-0.4, -0.2) is 20.8 Å². The SMILES string of the molecule is CCCc1c(C(=O)NCc2ccc(-c3ccc(O)cc3)cc2)cnn1-c1ccccc1. The summed E-state index contributed by atoms with van der Waals surface area (Å²) in [5.41, 5.74) is 5.61. The second-order valence-electron chi connectivity index (χ2n) is 7.43. The van der Waals surface area contributed by atoms with E-state index in [9.17, 15) is 9.90 Å². The summed E-state index contributed by atoms with van der Waals surface area (Å²) in [6, 6.07) is 25.0. The summed E-state index contributed by atoms with van der Waals surface area (Å²) < 4.78 is 1.85. The maximum absolute atomic E-state index is 12.9. The maximum atomic E-state index is 12.9. The zero-order chi connectivity index (χ0) is 21.6. The third kappa shape index (κ3) is 4.67. The lowest BCUT2D eigenvalue weighted by Crippen LogP contribution is -2.23. The molecule has 0 radical (unpaired) electrons. The van der Waals surface area contributed by atoms with Crippen LogP contribution in [0.15, 0.2) is 85.1 Å². The number of amides is 1. The molecule has 2 N–H and O–H groups in total. The van der Waals surface area contributed by atoms with Crippen molar-refractivity contribution in [3.8, 4) is 22.6 Å². The molecule has 0 atom stereocenters. The van der Waals surface area contributed by atoms with Crippen LogP contribution in [0.4, 0.5) is 0 Å². The van der Waals surface area contributed by atoms with Crippen LogP contribution in [0.25, 0.3) is 16.8 Å². The number of aromatic hydroxyl groups is 1. The largest absolute Gasteiger partial charge is 0.508 e. The fourth-order valence-electron chi connectivity index (χ4n) is 3.58. The molecule has 0 aliphatic carbocycles. The molecular weight excluding hydrogens is 386 g/mol. The van der Waals surface area contributed by atoms with Gasteiger partial charge in [0, 0.05) is 6.54 Å². The molecule has 0 saturated carbocycles. The highest BCUT2D eigenvalue weighted by atomic mass is 16.3. The third-order valence-corrected chi connectivity index (χ3v) is 5.21. The van der Waals surface area contributed by atoms with Gasteiger partial charge in [0.2, 0.25) is 0 Å². The van der Waals surface area contributed by atoms with E-state index in [2.05, 4.69) is 17.3 Å². The molecule has 4 aromatic rings. The van der Waals surface area contributed by atoms with E-state index < -0.39 is 0 Å². The first kappa shape index (κ1) is 20.4. The van der Waals surface area contributed by atoms with Gasteiger partial charge in [-0.15, -0.1) is 0 Å². The molecule has 3 aromatic carbocycles. The molecule has 5 heteroatoms. The molecule has 1 heterocycles. The van der Waals surface area contributed by atoms with Gasteiger partial charge in [0.25, 0.3) is 5.91 Å². The molecule has 5 nitrogen and oxygen atoms in total. The Balaban J connectivity index is 1.46. The number of rotatable bonds is 7. The lowest BCUT2D eigenvalue weighted by molar-refractivity contribution is 0.0950. The number of carbonyl (C=O) groups excluding carboxylic acids is 1. The third-order valence-electron chi connectivity index (χ3n) is 5.21. The van der Waals surface area contributed by atoms with Crippen molar-refractivity contribution in [1.29, 1.82) is 0 Å². The Hall–Kier alpha value is -3.86. The number of aromatic nitrogens is 2. The zero-order valence-electron chi connectivity index (χ0n) is 17.5. The van der Waals surface area contributed by atoms with Crippen molar-refractivity contribution in [3.05, 3.63) is 102 Å². The quantitative estimate of drug-likeness (QED) is 0.443. The molecular formula is C26H25N3O2. The summed E-state index contributed by atoms with van der Waals surface area (Å²) in [6.07, 6.45) is 3.36. The predicted octanol–water partition coefficient (Wildman–Crippen LogP) is 5.13. The van der Waals surface area contributed by atoms with E-state index in [0.29, 0.717) is 12.1 Å². The zero-order valence-corrected chi connectivity index (χ0v) is 17.5. The summed E-state index contributed by atoms with van der Waals surface area (Å²) in [5, 5.41) is 16.9. The predicted molar refractivity (Wildman–Crippen MR) is 122 cm³/mol. The fraction of sp³-hybridized carbons (Fsp3) is 0.154. The maximum Gasteiger partial charge on any atom is 0.255 e. The van der Waals surface area contributed by atoms with Crippen LogP contribution in [0, 0.1) is 0 Å². The van der Waals surface area contributed by atoms with Gasteiger partial charge in [-0.3, -0.25) is 4.79 Å². The number of carbonyl (C=O) groups is 1. The standard InChI is InChI=1S/C26H25N3O2/c1-2-6-25-24(18-28-29(25)22-7-4-3-5-8-22)26(31)27-17-19-9-11-20(12-10-19)21-13-15-23(30)16-14-21/h3-5,7-16,18,30H,2,6,17H2,1H3,(H,27,31). The molecule has 0 saturated heterocycles. The number of phenols is 1. The van der Waals surface area contributed by atoms with E-state index in [0.717, 1.165) is 40.9 Å². The van der Waals surface area contributed by atoms with Crippen molar-refractivity contribution in [2.45, 2.75) is 26.3 Å². The number of nitrogens with zero attached hydrogens (tertiary/aromatic N) is 2. The summed E-state index contributed by atoms with van der Waals surface area (Å²) in [5.74, 6) is 0.134. The van der Waals surface area contributed by atoms with Gasteiger partial charge in [0.05, 0.1) is 23.1 Å². The minimum atomic E-state index is -0.117. The number of hydrogen-bond donors (Lipinski definition) is 2. The molecule has 156 valence electrons. The highest BCUT2D eigenvalue weighted by Crippen LogP contribution is 2.22. The monoisotopic (exact) mass is 411 g/mol. The molecule has 0 aliphatic rings. The van der Waals surface area contributed by atoms with Gasteiger partial charge in [-0.25, -0.2) is 4.68 Å². The first-order valence-electron chi connectivity index (χ1n) is 10.4. The van der Waals surface area contributed by atoms with Gasteiger partial charge in [0.15, 0.2) is 0 Å². The summed E-state index contributed by atoms with van der Waals surface area (Å²) in [6.45, 7) is 2.54. The van der Waals surface area contributed by atoms with Crippen molar-refractivity contribution >= 4 is 5.91 Å². The summed E-state index contributed by atoms with van der Waals surface area (Å²) in [7, 11) is 0. The number of para-hydroxylation sites is 1. The Morgan fingerprint density at radius 2 is 1.58 bits per heavy atom. The molecule has 1 aromatic heterocycles. The van der Waals surface area contributed by atoms with Gasteiger partial charge in [-0.05, 0) is 47.4 Å². The van der Waals surface area contributed by atoms with Gasteiger partial charge in [-0.1, -0.05) is 67.9 Å². The van der Waals surface area contributed by atoms with Crippen molar-refractivity contribution in [2.75, 3.05) is 0 Å². The second kappa shape index (κ2) is 9.30. The number of phenolic OH excluding ortho intramolecular Hbond substituents is 1. The van der Waals surface area contributed by atoms with E-state index in [-0.39, 0.29) is 11.7 Å². The molecule has 4 rings (SSSR count). The first-order chi connectivity index (χ1) is 15.2. The van der Waals surface area contributed by atoms with Crippen molar-refractivity contribution < 1.29 is 9.90 Å². The van der Waals surface area contributed by atoms with E-state index >= 15 is 0 Å². The number of benzene rings is 3. The lowest BCUT2D eigenvalue weighted by atomic mass is 10.0. The van der Waals surface area contributed by atoms with Gasteiger partial charge in [0.1, 0.15) is 5.75 Å². The second-order valence-corrected chi connectivity index (χ2v) is 7.43. The Kier molecular flexibility index (Phi) is 6.13. The normalized spacial score (nSPS) is 10.7. The van der Waals surface area contributed by atoms with Crippen LogP contribution >= 0.6 is 0 Å². The molecule has 0 fully saturated rings. The minimum Gasteiger partial charge on any atom is -0.508 e. The number of hydrogen-bond acceptors (Lipinski definition) is 3.